The number of hydrogen-bond acceptors (Lipinski definition) is 4. The van der Waals surface area contributed by atoms with Crippen LogP contribution in [0.25, 0.3) is 0 Å². The Bertz CT molecular complexity index is 441. The minimum atomic E-state index is -0.385. The van der Waals surface area contributed by atoms with Crippen LogP contribution in [-0.2, 0) is 11.3 Å². The third-order valence-electron chi connectivity index (χ3n) is 3.20. The SMILES string of the molecule is COCCCOc1cc(CNC2CC2)cc(F)c1OC.Cl. The van der Waals surface area contributed by atoms with Crippen LogP contribution in [0.3, 0.4) is 0 Å². The van der Waals surface area contributed by atoms with Crippen molar-refractivity contribution in [2.75, 3.05) is 27.4 Å². The summed E-state index contributed by atoms with van der Waals surface area (Å²) in [7, 11) is 3.09. The fraction of sp³-hybridized carbons (Fsp3) is 0.600. The lowest BCUT2D eigenvalue weighted by Crippen LogP contribution is -2.15. The normalized spacial score (nSPS) is 13.7. The Morgan fingerprint density at radius 2 is 2.00 bits per heavy atom. The molecule has 1 aliphatic carbocycles. The molecule has 0 aliphatic heterocycles. The summed E-state index contributed by atoms with van der Waals surface area (Å²) in [5.41, 5.74) is 0.872. The molecule has 0 unspecified atom stereocenters. The lowest BCUT2D eigenvalue weighted by atomic mass is 10.2. The van der Waals surface area contributed by atoms with E-state index in [4.69, 9.17) is 14.2 Å². The Kier molecular flexibility index (Phi) is 7.78. The molecule has 0 heterocycles. The minimum absolute atomic E-state index is 0. The van der Waals surface area contributed by atoms with Crippen molar-refractivity contribution < 1.29 is 18.6 Å². The topological polar surface area (TPSA) is 39.7 Å². The van der Waals surface area contributed by atoms with Crippen molar-refractivity contribution in [2.24, 2.45) is 0 Å². The van der Waals surface area contributed by atoms with Crippen LogP contribution < -0.4 is 14.8 Å². The predicted octanol–water partition coefficient (Wildman–Crippen LogP) is 2.92. The molecule has 1 aromatic carbocycles. The molecule has 1 aliphatic rings. The second kappa shape index (κ2) is 9.07. The van der Waals surface area contributed by atoms with E-state index in [9.17, 15) is 4.39 Å². The summed E-state index contributed by atoms with van der Waals surface area (Å²) in [5.74, 6) is 0.234. The largest absolute Gasteiger partial charge is 0.490 e. The molecule has 6 heteroatoms. The zero-order valence-electron chi connectivity index (χ0n) is 12.5. The van der Waals surface area contributed by atoms with Gasteiger partial charge < -0.3 is 19.5 Å². The summed E-state index contributed by atoms with van der Waals surface area (Å²) < 4.78 is 29.6. The summed E-state index contributed by atoms with van der Waals surface area (Å²) in [4.78, 5) is 0. The van der Waals surface area contributed by atoms with Crippen LogP contribution in [0.5, 0.6) is 11.5 Å². The summed E-state index contributed by atoms with van der Waals surface area (Å²) in [6, 6.07) is 3.92. The molecule has 0 radical (unpaired) electrons. The molecule has 1 N–H and O–H groups in total. The minimum Gasteiger partial charge on any atom is -0.490 e. The molecule has 21 heavy (non-hydrogen) atoms. The Balaban J connectivity index is 0.00000220. The van der Waals surface area contributed by atoms with Gasteiger partial charge in [0.15, 0.2) is 17.3 Å². The van der Waals surface area contributed by atoms with Crippen molar-refractivity contribution in [3.05, 3.63) is 23.5 Å². The fourth-order valence-corrected chi connectivity index (χ4v) is 1.96. The van der Waals surface area contributed by atoms with E-state index in [2.05, 4.69) is 5.32 Å². The first-order valence-electron chi connectivity index (χ1n) is 6.96. The molecule has 0 amide bonds. The second-order valence-electron chi connectivity index (χ2n) is 4.96. The van der Waals surface area contributed by atoms with Crippen LogP contribution in [0.1, 0.15) is 24.8 Å². The number of rotatable bonds is 9. The average Bonchev–Trinajstić information content (AvgIpc) is 3.25. The lowest BCUT2D eigenvalue weighted by molar-refractivity contribution is 0.170. The first-order valence-corrected chi connectivity index (χ1v) is 6.96. The van der Waals surface area contributed by atoms with Gasteiger partial charge in [0.05, 0.1) is 13.7 Å². The Morgan fingerprint density at radius 3 is 2.62 bits per heavy atom. The summed E-state index contributed by atoms with van der Waals surface area (Å²) in [5, 5.41) is 3.36. The van der Waals surface area contributed by atoms with Crippen LogP contribution in [0, 0.1) is 5.82 Å². The zero-order valence-corrected chi connectivity index (χ0v) is 13.3. The summed E-state index contributed by atoms with van der Waals surface area (Å²) in [6.07, 6.45) is 3.17. The molecular weight excluding hydrogens is 297 g/mol. The number of benzene rings is 1. The van der Waals surface area contributed by atoms with Gasteiger partial charge in [-0.05, 0) is 30.5 Å². The monoisotopic (exact) mass is 319 g/mol. The van der Waals surface area contributed by atoms with E-state index >= 15 is 0 Å². The number of methoxy groups -OCH3 is 2. The van der Waals surface area contributed by atoms with Gasteiger partial charge in [-0.2, -0.15) is 0 Å². The van der Waals surface area contributed by atoms with Gasteiger partial charge in [0.2, 0.25) is 0 Å². The van der Waals surface area contributed by atoms with Gasteiger partial charge in [0, 0.05) is 32.7 Å². The van der Waals surface area contributed by atoms with Crippen LogP contribution in [0.15, 0.2) is 12.1 Å². The fourth-order valence-electron chi connectivity index (χ4n) is 1.96. The van der Waals surface area contributed by atoms with Gasteiger partial charge in [-0.25, -0.2) is 4.39 Å². The molecular formula is C15H23ClFNO3. The Labute approximate surface area is 131 Å². The third kappa shape index (κ3) is 5.69. The molecule has 120 valence electrons. The first kappa shape index (κ1) is 18.0. The highest BCUT2D eigenvalue weighted by atomic mass is 35.5. The number of halogens is 2. The number of nitrogens with one attached hydrogen (secondary N) is 1. The van der Waals surface area contributed by atoms with E-state index in [0.717, 1.165) is 12.0 Å². The van der Waals surface area contributed by atoms with Gasteiger partial charge in [-0.1, -0.05) is 0 Å². The maximum absolute atomic E-state index is 14.0. The molecule has 0 spiro atoms. The van der Waals surface area contributed by atoms with E-state index in [1.807, 2.05) is 6.07 Å². The summed E-state index contributed by atoms with van der Waals surface area (Å²) >= 11 is 0. The van der Waals surface area contributed by atoms with E-state index in [-0.39, 0.29) is 24.0 Å². The molecule has 2 rings (SSSR count). The smallest absolute Gasteiger partial charge is 0.196 e. The van der Waals surface area contributed by atoms with Gasteiger partial charge in [0.25, 0.3) is 0 Å². The molecule has 1 aromatic rings. The Hall–Kier alpha value is -1.04. The van der Waals surface area contributed by atoms with Crippen molar-refractivity contribution in [1.29, 1.82) is 0 Å². The van der Waals surface area contributed by atoms with Crippen molar-refractivity contribution in [1.82, 2.24) is 5.32 Å². The van der Waals surface area contributed by atoms with Gasteiger partial charge in [-0.3, -0.25) is 0 Å². The second-order valence-corrected chi connectivity index (χ2v) is 4.96. The number of ether oxygens (including phenoxy) is 3. The van der Waals surface area contributed by atoms with Crippen LogP contribution >= 0.6 is 12.4 Å². The maximum Gasteiger partial charge on any atom is 0.196 e. The van der Waals surface area contributed by atoms with Crippen molar-refractivity contribution in [3.63, 3.8) is 0 Å². The molecule has 0 aromatic heterocycles. The molecule has 0 bridgehead atoms. The van der Waals surface area contributed by atoms with Crippen molar-refractivity contribution >= 4 is 12.4 Å². The maximum atomic E-state index is 14.0. The highest BCUT2D eigenvalue weighted by molar-refractivity contribution is 5.85. The summed E-state index contributed by atoms with van der Waals surface area (Å²) in [6.45, 7) is 1.75. The molecule has 1 fully saturated rings. The van der Waals surface area contributed by atoms with Crippen LogP contribution in [0.2, 0.25) is 0 Å². The first-order chi connectivity index (χ1) is 9.74. The lowest BCUT2D eigenvalue weighted by Gasteiger charge is -2.13. The van der Waals surface area contributed by atoms with Gasteiger partial charge in [-0.15, -0.1) is 12.4 Å². The Morgan fingerprint density at radius 1 is 1.24 bits per heavy atom. The van der Waals surface area contributed by atoms with Gasteiger partial charge in [0.1, 0.15) is 0 Å². The van der Waals surface area contributed by atoms with E-state index in [1.54, 1.807) is 7.11 Å². The molecule has 0 saturated heterocycles. The van der Waals surface area contributed by atoms with Gasteiger partial charge >= 0.3 is 0 Å². The third-order valence-corrected chi connectivity index (χ3v) is 3.20. The van der Waals surface area contributed by atoms with E-state index < -0.39 is 0 Å². The zero-order chi connectivity index (χ0) is 14.4. The predicted molar refractivity (Wildman–Crippen MR) is 82.0 cm³/mol. The highest BCUT2D eigenvalue weighted by Gasteiger charge is 2.21. The van der Waals surface area contributed by atoms with E-state index in [0.29, 0.717) is 31.5 Å². The quantitative estimate of drug-likeness (QED) is 0.710. The van der Waals surface area contributed by atoms with Crippen LogP contribution in [0.4, 0.5) is 4.39 Å². The van der Waals surface area contributed by atoms with Crippen molar-refractivity contribution in [2.45, 2.75) is 31.8 Å². The molecule has 1 saturated carbocycles. The molecule has 0 atom stereocenters. The van der Waals surface area contributed by atoms with E-state index in [1.165, 1.54) is 26.0 Å². The number of hydrogen-bond donors (Lipinski definition) is 1. The highest BCUT2D eigenvalue weighted by Crippen LogP contribution is 2.32. The molecule has 4 nitrogen and oxygen atoms in total. The van der Waals surface area contributed by atoms with Crippen molar-refractivity contribution in [3.8, 4) is 11.5 Å². The standard InChI is InChI=1S/C15H22FNO3.ClH/c1-18-6-3-7-20-14-9-11(10-17-12-4-5-12)8-13(16)15(14)19-2;/h8-9,12,17H,3-7,10H2,1-2H3;1H. The van der Waals surface area contributed by atoms with Crippen LogP contribution in [-0.4, -0.2) is 33.5 Å². The average molecular weight is 320 g/mol.